The summed E-state index contributed by atoms with van der Waals surface area (Å²) in [6.45, 7) is 7.21. The van der Waals surface area contributed by atoms with Crippen LogP contribution < -0.4 is 10.6 Å². The van der Waals surface area contributed by atoms with Crippen LogP contribution >= 0.6 is 0 Å². The Balaban J connectivity index is 1.71. The minimum atomic E-state index is -0.409. The highest BCUT2D eigenvalue weighted by atomic mass is 19.1. The molecule has 2 amide bonds. The van der Waals surface area contributed by atoms with Gasteiger partial charge in [-0.15, -0.1) is 0 Å². The van der Waals surface area contributed by atoms with Crippen molar-refractivity contribution in [3.63, 3.8) is 0 Å². The molecular formula is C24H27FN4O2. The van der Waals surface area contributed by atoms with Crippen LogP contribution in [-0.4, -0.2) is 21.6 Å². The Kier molecular flexibility index (Phi) is 6.84. The number of nitrogens with zero attached hydrogens (tertiary/aromatic N) is 2. The topological polar surface area (TPSA) is 76.0 Å². The third kappa shape index (κ3) is 5.57. The zero-order valence-electron chi connectivity index (χ0n) is 18.1. The van der Waals surface area contributed by atoms with E-state index in [1.807, 2.05) is 45.0 Å². The van der Waals surface area contributed by atoms with Crippen LogP contribution in [-0.2, 0) is 9.59 Å². The van der Waals surface area contributed by atoms with E-state index in [-0.39, 0.29) is 30.1 Å². The Bertz CT molecular complexity index is 1060. The molecule has 0 radical (unpaired) electrons. The summed E-state index contributed by atoms with van der Waals surface area (Å²) in [5, 5.41) is 10.2. The first kappa shape index (κ1) is 22.2. The number of hydrogen-bond acceptors (Lipinski definition) is 3. The quantitative estimate of drug-likeness (QED) is 0.603. The summed E-state index contributed by atoms with van der Waals surface area (Å²) in [5.74, 6) is -0.680. The molecule has 0 aliphatic rings. The molecule has 7 heteroatoms. The SMILES string of the molecule is CC(=O)NC(CC(=O)NC(C)c1cnn(-c2ccc(F)cc2)c1C)c1ccc(C)cc1. The van der Waals surface area contributed by atoms with Gasteiger partial charge in [0.25, 0.3) is 0 Å². The third-order valence-electron chi connectivity index (χ3n) is 5.21. The molecule has 0 saturated carbocycles. The van der Waals surface area contributed by atoms with Crippen LogP contribution in [0.4, 0.5) is 4.39 Å². The molecule has 6 nitrogen and oxygen atoms in total. The summed E-state index contributed by atoms with van der Waals surface area (Å²) in [7, 11) is 0. The van der Waals surface area contributed by atoms with E-state index in [1.54, 1.807) is 23.0 Å². The van der Waals surface area contributed by atoms with E-state index in [4.69, 9.17) is 0 Å². The molecule has 0 saturated heterocycles. The number of aryl methyl sites for hydroxylation is 1. The van der Waals surface area contributed by atoms with E-state index in [2.05, 4.69) is 15.7 Å². The fourth-order valence-corrected chi connectivity index (χ4v) is 3.55. The summed E-state index contributed by atoms with van der Waals surface area (Å²) >= 11 is 0. The fraction of sp³-hybridized carbons (Fsp3) is 0.292. The number of hydrogen-bond donors (Lipinski definition) is 2. The summed E-state index contributed by atoms with van der Waals surface area (Å²) < 4.78 is 14.9. The molecule has 1 aromatic heterocycles. The Hall–Kier alpha value is -3.48. The van der Waals surface area contributed by atoms with Crippen LogP contribution in [0.15, 0.2) is 54.7 Å². The van der Waals surface area contributed by atoms with E-state index in [0.29, 0.717) is 0 Å². The van der Waals surface area contributed by atoms with E-state index in [9.17, 15) is 14.0 Å². The van der Waals surface area contributed by atoms with Crippen molar-refractivity contribution in [1.82, 2.24) is 20.4 Å². The van der Waals surface area contributed by atoms with E-state index >= 15 is 0 Å². The largest absolute Gasteiger partial charge is 0.349 e. The highest BCUT2D eigenvalue weighted by molar-refractivity contribution is 5.79. The molecule has 3 aromatic rings. The average molecular weight is 423 g/mol. The zero-order chi connectivity index (χ0) is 22.5. The Labute approximate surface area is 181 Å². The number of aromatic nitrogens is 2. The molecule has 0 aliphatic carbocycles. The summed E-state index contributed by atoms with van der Waals surface area (Å²) in [6, 6.07) is 13.1. The molecule has 3 rings (SSSR count). The second-order valence-electron chi connectivity index (χ2n) is 7.73. The van der Waals surface area contributed by atoms with Gasteiger partial charge in [-0.1, -0.05) is 29.8 Å². The lowest BCUT2D eigenvalue weighted by Gasteiger charge is -2.20. The second-order valence-corrected chi connectivity index (χ2v) is 7.73. The van der Waals surface area contributed by atoms with Gasteiger partial charge in [0.1, 0.15) is 5.82 Å². The number of carbonyl (C=O) groups excluding carboxylic acids is 2. The summed E-state index contributed by atoms with van der Waals surface area (Å²) in [6.07, 6.45) is 1.83. The van der Waals surface area contributed by atoms with Gasteiger partial charge in [-0.2, -0.15) is 5.10 Å². The predicted octanol–water partition coefficient (Wildman–Crippen LogP) is 4.07. The smallest absolute Gasteiger partial charge is 0.222 e. The van der Waals surface area contributed by atoms with Crippen LogP contribution in [0.2, 0.25) is 0 Å². The minimum absolute atomic E-state index is 0.123. The average Bonchev–Trinajstić information content (AvgIpc) is 3.09. The van der Waals surface area contributed by atoms with Crippen LogP contribution in [0.1, 0.15) is 54.7 Å². The predicted molar refractivity (Wildman–Crippen MR) is 117 cm³/mol. The first-order chi connectivity index (χ1) is 14.7. The molecule has 2 N–H and O–H groups in total. The van der Waals surface area contributed by atoms with Crippen molar-refractivity contribution >= 4 is 11.8 Å². The molecule has 2 aromatic carbocycles. The van der Waals surface area contributed by atoms with Crippen molar-refractivity contribution in [2.75, 3.05) is 0 Å². The summed E-state index contributed by atoms with van der Waals surface area (Å²) in [5.41, 5.74) is 4.45. The first-order valence-corrected chi connectivity index (χ1v) is 10.2. The van der Waals surface area contributed by atoms with Gasteiger partial charge in [-0.3, -0.25) is 9.59 Å². The molecule has 0 spiro atoms. The van der Waals surface area contributed by atoms with Crippen LogP contribution in [0.3, 0.4) is 0 Å². The van der Waals surface area contributed by atoms with Crippen molar-refractivity contribution in [3.8, 4) is 5.69 Å². The molecule has 0 fully saturated rings. The maximum absolute atomic E-state index is 13.2. The maximum Gasteiger partial charge on any atom is 0.222 e. The first-order valence-electron chi connectivity index (χ1n) is 10.2. The van der Waals surface area contributed by atoms with Gasteiger partial charge in [-0.25, -0.2) is 9.07 Å². The number of amides is 2. The standard InChI is InChI=1S/C24H27FN4O2/c1-15-5-7-19(8-6-15)23(28-18(4)30)13-24(31)27-16(2)22-14-26-29(17(22)3)21-11-9-20(25)10-12-21/h5-12,14,16,23H,13H2,1-4H3,(H,27,31)(H,28,30). The van der Waals surface area contributed by atoms with Gasteiger partial charge in [-0.05, 0) is 50.6 Å². The van der Waals surface area contributed by atoms with E-state index in [1.165, 1.54) is 19.1 Å². The van der Waals surface area contributed by atoms with Gasteiger partial charge in [0, 0.05) is 18.2 Å². The highest BCUT2D eigenvalue weighted by Crippen LogP contribution is 2.22. The van der Waals surface area contributed by atoms with E-state index < -0.39 is 6.04 Å². The van der Waals surface area contributed by atoms with Crippen molar-refractivity contribution in [2.24, 2.45) is 0 Å². The molecule has 2 atom stereocenters. The van der Waals surface area contributed by atoms with Crippen LogP contribution in [0, 0.1) is 19.7 Å². The van der Waals surface area contributed by atoms with Gasteiger partial charge < -0.3 is 10.6 Å². The highest BCUT2D eigenvalue weighted by Gasteiger charge is 2.21. The third-order valence-corrected chi connectivity index (χ3v) is 5.21. The number of rotatable bonds is 7. The molecule has 1 heterocycles. The van der Waals surface area contributed by atoms with Crippen LogP contribution in [0.5, 0.6) is 0 Å². The number of nitrogens with one attached hydrogen (secondary N) is 2. The minimum Gasteiger partial charge on any atom is -0.349 e. The Morgan fingerprint density at radius 2 is 1.68 bits per heavy atom. The Morgan fingerprint density at radius 3 is 2.29 bits per heavy atom. The fourth-order valence-electron chi connectivity index (χ4n) is 3.55. The lowest BCUT2D eigenvalue weighted by atomic mass is 10.0. The Morgan fingerprint density at radius 1 is 1.03 bits per heavy atom. The van der Waals surface area contributed by atoms with Gasteiger partial charge in [0.2, 0.25) is 11.8 Å². The van der Waals surface area contributed by atoms with Crippen molar-refractivity contribution < 1.29 is 14.0 Å². The number of carbonyl (C=O) groups is 2. The van der Waals surface area contributed by atoms with Gasteiger partial charge in [0.05, 0.1) is 30.4 Å². The molecule has 162 valence electrons. The molecular weight excluding hydrogens is 395 g/mol. The number of halogens is 1. The van der Waals surface area contributed by atoms with Crippen LogP contribution in [0.25, 0.3) is 5.69 Å². The van der Waals surface area contributed by atoms with Gasteiger partial charge >= 0.3 is 0 Å². The summed E-state index contributed by atoms with van der Waals surface area (Å²) in [4.78, 5) is 24.4. The number of benzene rings is 2. The maximum atomic E-state index is 13.2. The molecule has 31 heavy (non-hydrogen) atoms. The molecule has 0 aliphatic heterocycles. The van der Waals surface area contributed by atoms with Crippen molar-refractivity contribution in [2.45, 2.75) is 46.2 Å². The zero-order valence-corrected chi connectivity index (χ0v) is 18.1. The molecule has 2 unspecified atom stereocenters. The normalized spacial score (nSPS) is 12.8. The van der Waals surface area contributed by atoms with E-state index in [0.717, 1.165) is 28.1 Å². The second kappa shape index (κ2) is 9.55. The lowest BCUT2D eigenvalue weighted by Crippen LogP contribution is -2.33. The van der Waals surface area contributed by atoms with Gasteiger partial charge in [0.15, 0.2) is 0 Å². The lowest BCUT2D eigenvalue weighted by molar-refractivity contribution is -0.123. The monoisotopic (exact) mass is 422 g/mol. The van der Waals surface area contributed by atoms with Crippen molar-refractivity contribution in [1.29, 1.82) is 0 Å². The van der Waals surface area contributed by atoms with Crippen molar-refractivity contribution in [3.05, 3.63) is 82.9 Å². The molecule has 0 bridgehead atoms.